The molecule has 1 nitrogen and oxygen atoms in total. The molecule has 2 rings (SSSR count). The summed E-state index contributed by atoms with van der Waals surface area (Å²) in [4.78, 5) is 0. The first kappa shape index (κ1) is 6.96. The van der Waals surface area contributed by atoms with E-state index in [1.165, 1.54) is 17.8 Å². The highest BCUT2D eigenvalue weighted by Gasteiger charge is 2.19. The van der Waals surface area contributed by atoms with Crippen molar-refractivity contribution in [1.82, 2.24) is 0 Å². The second-order valence-corrected chi connectivity index (χ2v) is 3.36. The van der Waals surface area contributed by atoms with Gasteiger partial charge in [0, 0.05) is 6.42 Å². The molecule has 0 N–H and O–H groups in total. The van der Waals surface area contributed by atoms with Gasteiger partial charge in [0.25, 0.3) is 0 Å². The van der Waals surface area contributed by atoms with Crippen molar-refractivity contribution in [1.29, 1.82) is 0 Å². The maximum atomic E-state index is 5.58. The van der Waals surface area contributed by atoms with Gasteiger partial charge in [-0.05, 0) is 24.3 Å². The van der Waals surface area contributed by atoms with E-state index in [1.807, 2.05) is 0 Å². The molecule has 0 bridgehead atoms. The van der Waals surface area contributed by atoms with Crippen molar-refractivity contribution in [2.24, 2.45) is 5.92 Å². The smallest absolute Gasteiger partial charge is 0.0997 e. The van der Waals surface area contributed by atoms with Gasteiger partial charge in [-0.25, -0.2) is 0 Å². The fourth-order valence-electron chi connectivity index (χ4n) is 1.77. The fourth-order valence-corrected chi connectivity index (χ4v) is 1.77. The largest absolute Gasteiger partial charge is 0.498 e. The molecule has 11 heavy (non-hydrogen) atoms. The maximum Gasteiger partial charge on any atom is 0.0997 e. The molecule has 1 unspecified atom stereocenters. The van der Waals surface area contributed by atoms with Gasteiger partial charge < -0.3 is 4.74 Å². The van der Waals surface area contributed by atoms with Crippen molar-refractivity contribution in [2.45, 2.75) is 26.2 Å². The quantitative estimate of drug-likeness (QED) is 0.516. The van der Waals surface area contributed by atoms with Crippen LogP contribution in [-0.4, -0.2) is 6.61 Å². The van der Waals surface area contributed by atoms with Crippen LogP contribution in [0.25, 0.3) is 0 Å². The predicted octanol–water partition coefficient (Wildman–Crippen LogP) is 2.65. The van der Waals surface area contributed by atoms with Crippen LogP contribution in [0.3, 0.4) is 0 Å². The third-order valence-corrected chi connectivity index (χ3v) is 2.52. The lowest BCUT2D eigenvalue weighted by Gasteiger charge is -2.26. The molecule has 0 aromatic heterocycles. The Hall–Kier alpha value is -0.720. The van der Waals surface area contributed by atoms with E-state index in [0.29, 0.717) is 0 Å². The number of rotatable bonds is 0. The van der Waals surface area contributed by atoms with Crippen molar-refractivity contribution < 1.29 is 4.74 Å². The third kappa shape index (κ3) is 1.20. The first-order chi connectivity index (χ1) is 5.38. The number of ether oxygens (including phenoxy) is 1. The van der Waals surface area contributed by atoms with E-state index in [-0.39, 0.29) is 0 Å². The van der Waals surface area contributed by atoms with Crippen LogP contribution in [0.15, 0.2) is 23.5 Å². The molecule has 0 aromatic rings. The molecule has 1 heteroatoms. The summed E-state index contributed by atoms with van der Waals surface area (Å²) in [6.45, 7) is 3.21. The zero-order valence-corrected chi connectivity index (χ0v) is 6.97. The molecule has 1 aliphatic heterocycles. The molecular formula is C10H14O. The van der Waals surface area contributed by atoms with Gasteiger partial charge in [-0.1, -0.05) is 19.1 Å². The summed E-state index contributed by atoms with van der Waals surface area (Å²) in [7, 11) is 0. The van der Waals surface area contributed by atoms with Gasteiger partial charge in [-0.15, -0.1) is 0 Å². The van der Waals surface area contributed by atoms with Crippen LogP contribution in [-0.2, 0) is 4.74 Å². The molecule has 0 saturated carbocycles. The van der Waals surface area contributed by atoms with Crippen LogP contribution in [0.1, 0.15) is 26.2 Å². The normalized spacial score (nSPS) is 29.7. The lowest BCUT2D eigenvalue weighted by molar-refractivity contribution is 0.161. The monoisotopic (exact) mass is 150 g/mol. The Morgan fingerprint density at radius 1 is 1.55 bits per heavy atom. The standard InChI is InChI=1S/C10H14O/c1-8-6-7-11-10-5-3-2-4-9(8)10/h2,4,8H,3,5-7H2,1H3. The minimum Gasteiger partial charge on any atom is -0.498 e. The lowest BCUT2D eigenvalue weighted by Crippen LogP contribution is -2.15. The van der Waals surface area contributed by atoms with E-state index in [2.05, 4.69) is 19.1 Å². The summed E-state index contributed by atoms with van der Waals surface area (Å²) in [5.41, 5.74) is 1.45. The molecule has 1 atom stereocenters. The van der Waals surface area contributed by atoms with Crippen LogP contribution in [0.5, 0.6) is 0 Å². The van der Waals surface area contributed by atoms with E-state index in [0.717, 1.165) is 25.4 Å². The van der Waals surface area contributed by atoms with E-state index in [1.54, 1.807) is 0 Å². The highest BCUT2D eigenvalue weighted by Crippen LogP contribution is 2.31. The van der Waals surface area contributed by atoms with E-state index in [9.17, 15) is 0 Å². The Morgan fingerprint density at radius 2 is 2.45 bits per heavy atom. The topological polar surface area (TPSA) is 9.23 Å². The molecule has 0 spiro atoms. The molecule has 0 radical (unpaired) electrons. The zero-order valence-electron chi connectivity index (χ0n) is 6.97. The lowest BCUT2D eigenvalue weighted by atomic mass is 9.90. The second-order valence-electron chi connectivity index (χ2n) is 3.36. The number of hydrogen-bond donors (Lipinski definition) is 0. The summed E-state index contributed by atoms with van der Waals surface area (Å²) in [5, 5.41) is 0. The van der Waals surface area contributed by atoms with Gasteiger partial charge in [-0.3, -0.25) is 0 Å². The van der Waals surface area contributed by atoms with E-state index in [4.69, 9.17) is 4.74 Å². The average Bonchev–Trinajstić information content (AvgIpc) is 2.06. The minimum absolute atomic E-state index is 0.718. The maximum absolute atomic E-state index is 5.58. The van der Waals surface area contributed by atoms with Crippen molar-refractivity contribution in [3.8, 4) is 0 Å². The molecule has 1 heterocycles. The highest BCUT2D eigenvalue weighted by molar-refractivity contribution is 5.29. The Morgan fingerprint density at radius 3 is 3.27 bits per heavy atom. The molecule has 0 amide bonds. The van der Waals surface area contributed by atoms with Gasteiger partial charge in [0.05, 0.1) is 12.4 Å². The molecule has 0 fully saturated rings. The third-order valence-electron chi connectivity index (χ3n) is 2.52. The van der Waals surface area contributed by atoms with Crippen molar-refractivity contribution in [3.63, 3.8) is 0 Å². The van der Waals surface area contributed by atoms with Gasteiger partial charge in [0.15, 0.2) is 0 Å². The first-order valence-electron chi connectivity index (χ1n) is 4.40. The second kappa shape index (κ2) is 2.72. The summed E-state index contributed by atoms with van der Waals surface area (Å²) < 4.78 is 5.58. The summed E-state index contributed by atoms with van der Waals surface area (Å²) in [5.74, 6) is 1.97. The Balaban J connectivity index is 2.28. The Kier molecular flexibility index (Phi) is 1.72. The Bertz CT molecular complexity index is 213. The van der Waals surface area contributed by atoms with Crippen molar-refractivity contribution in [3.05, 3.63) is 23.5 Å². The van der Waals surface area contributed by atoms with Gasteiger partial charge >= 0.3 is 0 Å². The molecule has 2 aliphatic rings. The van der Waals surface area contributed by atoms with Crippen molar-refractivity contribution in [2.75, 3.05) is 6.61 Å². The van der Waals surface area contributed by atoms with Crippen LogP contribution >= 0.6 is 0 Å². The summed E-state index contributed by atoms with van der Waals surface area (Å²) in [6.07, 6.45) is 7.96. The van der Waals surface area contributed by atoms with E-state index < -0.39 is 0 Å². The molecule has 0 aromatic carbocycles. The van der Waals surface area contributed by atoms with Gasteiger partial charge in [-0.2, -0.15) is 0 Å². The predicted molar refractivity (Wildman–Crippen MR) is 45.1 cm³/mol. The zero-order chi connectivity index (χ0) is 7.68. The van der Waals surface area contributed by atoms with Crippen LogP contribution in [0, 0.1) is 5.92 Å². The molecule has 60 valence electrons. The molecule has 0 saturated heterocycles. The number of hydrogen-bond acceptors (Lipinski definition) is 1. The summed E-state index contributed by atoms with van der Waals surface area (Å²) >= 11 is 0. The van der Waals surface area contributed by atoms with Crippen LogP contribution in [0.2, 0.25) is 0 Å². The SMILES string of the molecule is CC1CCOC2=C1C=CCC2. The van der Waals surface area contributed by atoms with E-state index >= 15 is 0 Å². The Labute approximate surface area is 67.7 Å². The van der Waals surface area contributed by atoms with Gasteiger partial charge in [0.1, 0.15) is 0 Å². The van der Waals surface area contributed by atoms with Crippen LogP contribution in [0.4, 0.5) is 0 Å². The summed E-state index contributed by atoms with van der Waals surface area (Å²) in [6, 6.07) is 0. The average molecular weight is 150 g/mol. The van der Waals surface area contributed by atoms with Crippen molar-refractivity contribution >= 4 is 0 Å². The highest BCUT2D eigenvalue weighted by atomic mass is 16.5. The molecule has 1 aliphatic carbocycles. The number of allylic oxidation sites excluding steroid dienone is 4. The molecular weight excluding hydrogens is 136 g/mol. The first-order valence-corrected chi connectivity index (χ1v) is 4.40. The fraction of sp³-hybridized carbons (Fsp3) is 0.600. The van der Waals surface area contributed by atoms with Crippen LogP contribution < -0.4 is 0 Å². The minimum atomic E-state index is 0.718. The van der Waals surface area contributed by atoms with Gasteiger partial charge in [0.2, 0.25) is 0 Å².